The second-order valence-electron chi connectivity index (χ2n) is 7.82. The van der Waals surface area contributed by atoms with Crippen molar-refractivity contribution in [2.24, 2.45) is 7.05 Å². The minimum Gasteiger partial charge on any atom is -0.457 e. The lowest BCUT2D eigenvalue weighted by Crippen LogP contribution is -2.26. The Kier molecular flexibility index (Phi) is 7.27. The number of aromatic nitrogens is 1. The highest BCUT2D eigenvalue weighted by Crippen LogP contribution is 2.37. The standard InChI is InChI=1S/C23H32BF2N2O2/c1-10-18-14(5)21(27(9)16(18)7)20(12-30-23(29)13(3)4)22-15(6)19(11-2)17(8)28(22)24(25)26/h3,10-12H2,1-2,4-9H3/q+1. The molecule has 162 valence electrons. The normalized spacial score (nSPS) is 15.8. The zero-order valence-electron chi connectivity index (χ0n) is 19.4. The third kappa shape index (κ3) is 3.94. The average molecular weight is 417 g/mol. The molecule has 0 saturated heterocycles. The summed E-state index contributed by atoms with van der Waals surface area (Å²) in [6.45, 7) is 16.7. The highest BCUT2D eigenvalue weighted by molar-refractivity contribution is 6.35. The van der Waals surface area contributed by atoms with Gasteiger partial charge in [0.1, 0.15) is 6.61 Å². The van der Waals surface area contributed by atoms with Crippen molar-refractivity contribution in [1.82, 2.24) is 4.57 Å². The quantitative estimate of drug-likeness (QED) is 0.348. The molecule has 0 radical (unpaired) electrons. The van der Waals surface area contributed by atoms with Crippen LogP contribution in [0.15, 0.2) is 29.0 Å². The number of hydrogen-bond acceptors (Lipinski definition) is 2. The fraction of sp³-hybridized carbons (Fsp3) is 0.478. The molecule has 7 heteroatoms. The summed E-state index contributed by atoms with van der Waals surface area (Å²) in [6.07, 6.45) is 1.48. The molecular formula is C23H32BF2N2O2+. The molecule has 0 saturated carbocycles. The highest BCUT2D eigenvalue weighted by atomic mass is 19.2. The molecule has 2 heterocycles. The van der Waals surface area contributed by atoms with Crippen molar-refractivity contribution in [1.29, 1.82) is 0 Å². The van der Waals surface area contributed by atoms with Crippen LogP contribution in [-0.2, 0) is 23.0 Å². The minimum atomic E-state index is -2.70. The molecule has 1 aliphatic heterocycles. The summed E-state index contributed by atoms with van der Waals surface area (Å²) >= 11 is 0. The van der Waals surface area contributed by atoms with E-state index in [-0.39, 0.29) is 12.2 Å². The molecular weight excluding hydrogens is 385 g/mol. The summed E-state index contributed by atoms with van der Waals surface area (Å²) in [6, 6.07) is 0. The Labute approximate surface area is 178 Å². The maximum atomic E-state index is 14.2. The number of hydrogen-bond donors (Lipinski definition) is 0. The van der Waals surface area contributed by atoms with E-state index >= 15 is 0 Å². The molecule has 1 aliphatic rings. The van der Waals surface area contributed by atoms with Crippen molar-refractivity contribution in [3.63, 3.8) is 0 Å². The Bertz CT molecular complexity index is 997. The average Bonchev–Trinajstić information content (AvgIpc) is 3.05. The van der Waals surface area contributed by atoms with Gasteiger partial charge in [-0.1, -0.05) is 20.4 Å². The maximum Gasteiger partial charge on any atom is 0.934 e. The van der Waals surface area contributed by atoms with E-state index in [0.29, 0.717) is 23.4 Å². The van der Waals surface area contributed by atoms with Crippen LogP contribution in [0.4, 0.5) is 8.63 Å². The summed E-state index contributed by atoms with van der Waals surface area (Å²) in [4.78, 5) is 12.1. The molecule has 0 fully saturated rings. The van der Waals surface area contributed by atoms with Gasteiger partial charge in [0.15, 0.2) is 11.4 Å². The molecule has 0 atom stereocenters. The van der Waals surface area contributed by atoms with Crippen LogP contribution < -0.4 is 0 Å². The van der Waals surface area contributed by atoms with E-state index < -0.39 is 13.4 Å². The molecule has 1 aromatic rings. The predicted octanol–water partition coefficient (Wildman–Crippen LogP) is 5.17. The van der Waals surface area contributed by atoms with Crippen molar-refractivity contribution in [2.75, 3.05) is 6.61 Å². The first-order chi connectivity index (χ1) is 14.0. The first-order valence-corrected chi connectivity index (χ1v) is 10.3. The molecule has 0 aliphatic carbocycles. The van der Waals surface area contributed by atoms with Crippen molar-refractivity contribution >= 4 is 24.7 Å². The predicted molar refractivity (Wildman–Crippen MR) is 119 cm³/mol. The smallest absolute Gasteiger partial charge is 0.457 e. The Hall–Kier alpha value is -2.44. The van der Waals surface area contributed by atoms with E-state index in [1.165, 1.54) is 5.56 Å². The van der Waals surface area contributed by atoms with Gasteiger partial charge in [-0.25, -0.2) is 17.9 Å². The SMILES string of the molecule is C=C(C)C(=O)OCC(=C1C(C)=C(CC)C(C)=[N+]1B(F)F)c1c(C)c(CC)c(C)n1C. The van der Waals surface area contributed by atoms with Gasteiger partial charge in [0.25, 0.3) is 0 Å². The van der Waals surface area contributed by atoms with Crippen LogP contribution in [0.25, 0.3) is 5.57 Å². The van der Waals surface area contributed by atoms with Crippen molar-refractivity contribution in [2.45, 2.75) is 61.3 Å². The van der Waals surface area contributed by atoms with Gasteiger partial charge in [-0.2, -0.15) is 0 Å². The maximum absolute atomic E-state index is 14.2. The van der Waals surface area contributed by atoms with E-state index in [1.54, 1.807) is 13.8 Å². The summed E-state index contributed by atoms with van der Waals surface area (Å²) < 4.78 is 37.0. The third-order valence-corrected chi connectivity index (χ3v) is 6.10. The Morgan fingerprint density at radius 2 is 1.77 bits per heavy atom. The number of halogens is 2. The minimum absolute atomic E-state index is 0.104. The van der Waals surface area contributed by atoms with Gasteiger partial charge in [0.2, 0.25) is 0 Å². The number of ether oxygens (including phenoxy) is 1. The number of carbonyl (C=O) groups is 1. The number of carbonyl (C=O) groups excluding carboxylic acids is 1. The van der Waals surface area contributed by atoms with Gasteiger partial charge < -0.3 is 9.30 Å². The fourth-order valence-corrected chi connectivity index (χ4v) is 4.54. The molecule has 0 N–H and O–H groups in total. The molecule has 0 amide bonds. The lowest BCUT2D eigenvalue weighted by molar-refractivity contribution is -0.343. The first-order valence-electron chi connectivity index (χ1n) is 10.3. The van der Waals surface area contributed by atoms with Gasteiger partial charge in [-0.05, 0) is 51.7 Å². The topological polar surface area (TPSA) is 34.2 Å². The summed E-state index contributed by atoms with van der Waals surface area (Å²) in [5.41, 5.74) is 7.64. The number of allylic oxidation sites excluding steroid dienone is 2. The Morgan fingerprint density at radius 1 is 1.17 bits per heavy atom. The first kappa shape index (κ1) is 23.8. The van der Waals surface area contributed by atoms with Crippen molar-refractivity contribution in [3.8, 4) is 0 Å². The lowest BCUT2D eigenvalue weighted by Gasteiger charge is -2.15. The van der Waals surface area contributed by atoms with Crippen LogP contribution >= 0.6 is 0 Å². The van der Waals surface area contributed by atoms with E-state index in [2.05, 4.69) is 13.5 Å². The van der Waals surface area contributed by atoms with Crippen LogP contribution in [0.5, 0.6) is 0 Å². The molecule has 0 spiro atoms. The third-order valence-electron chi connectivity index (χ3n) is 6.10. The van der Waals surface area contributed by atoms with E-state index in [4.69, 9.17) is 4.74 Å². The Balaban J connectivity index is 2.89. The van der Waals surface area contributed by atoms with Crippen molar-refractivity contribution in [3.05, 3.63) is 51.5 Å². The van der Waals surface area contributed by atoms with Crippen LogP contribution in [0, 0.1) is 13.8 Å². The molecule has 30 heavy (non-hydrogen) atoms. The molecule has 2 rings (SSSR count). The Morgan fingerprint density at radius 3 is 2.20 bits per heavy atom. The summed E-state index contributed by atoms with van der Waals surface area (Å²) in [5, 5.41) is 0. The summed E-state index contributed by atoms with van der Waals surface area (Å²) in [7, 11) is -0.770. The van der Waals surface area contributed by atoms with Crippen LogP contribution in [-0.4, -0.2) is 34.7 Å². The fourth-order valence-electron chi connectivity index (χ4n) is 4.54. The zero-order chi connectivity index (χ0) is 22.9. The number of esters is 1. The zero-order valence-corrected chi connectivity index (χ0v) is 19.4. The van der Waals surface area contributed by atoms with Crippen LogP contribution in [0.2, 0.25) is 0 Å². The van der Waals surface area contributed by atoms with Gasteiger partial charge in [0.05, 0.1) is 11.3 Å². The second-order valence-corrected chi connectivity index (χ2v) is 7.82. The number of rotatable bonds is 7. The largest absolute Gasteiger partial charge is 0.934 e. The van der Waals surface area contributed by atoms with Gasteiger partial charge in [-0.15, -0.1) is 0 Å². The highest BCUT2D eigenvalue weighted by Gasteiger charge is 2.47. The monoisotopic (exact) mass is 417 g/mol. The molecule has 0 aromatic carbocycles. The van der Waals surface area contributed by atoms with E-state index in [1.807, 2.05) is 39.3 Å². The summed E-state index contributed by atoms with van der Waals surface area (Å²) in [5.74, 6) is -0.535. The number of nitrogens with zero attached hydrogens (tertiary/aromatic N) is 2. The molecule has 0 unspecified atom stereocenters. The molecule has 4 nitrogen and oxygen atoms in total. The van der Waals surface area contributed by atoms with Gasteiger partial charge >= 0.3 is 13.4 Å². The second kappa shape index (κ2) is 9.15. The molecule has 1 aromatic heterocycles. The lowest BCUT2D eigenvalue weighted by atomic mass is 9.97. The van der Waals surface area contributed by atoms with Crippen molar-refractivity contribution < 1.29 is 22.6 Å². The van der Waals surface area contributed by atoms with E-state index in [9.17, 15) is 13.4 Å². The molecule has 0 bridgehead atoms. The van der Waals surface area contributed by atoms with Crippen LogP contribution in [0.1, 0.15) is 63.6 Å². The van der Waals surface area contributed by atoms with Crippen LogP contribution in [0.3, 0.4) is 0 Å². The van der Waals surface area contributed by atoms with Gasteiger partial charge in [0, 0.05) is 36.4 Å². The van der Waals surface area contributed by atoms with Gasteiger partial charge in [-0.3, -0.25) is 0 Å². The van der Waals surface area contributed by atoms with E-state index in [0.717, 1.165) is 39.0 Å².